The van der Waals surface area contributed by atoms with Crippen molar-refractivity contribution in [1.82, 2.24) is 30.2 Å². The molecular formula is C30H33N7O6S. The van der Waals surface area contributed by atoms with Gasteiger partial charge in [-0.2, -0.15) is 14.6 Å². The van der Waals surface area contributed by atoms with E-state index >= 15 is 0 Å². The Morgan fingerprint density at radius 2 is 1.86 bits per heavy atom. The normalized spacial score (nSPS) is 14.6. The van der Waals surface area contributed by atoms with Gasteiger partial charge in [-0.15, -0.1) is 0 Å². The van der Waals surface area contributed by atoms with Crippen LogP contribution in [0.2, 0.25) is 0 Å². The van der Waals surface area contributed by atoms with Crippen LogP contribution in [0, 0.1) is 6.92 Å². The summed E-state index contributed by atoms with van der Waals surface area (Å²) in [6, 6.07) is 11.2. The van der Waals surface area contributed by atoms with Gasteiger partial charge in [0.05, 0.1) is 17.9 Å². The standard InChI is InChI=1S/C30H33N7O6S/c1-17-20-11-12-23(22(20)10-9-21(17)28(40)43-30(2,3)4)34-27(39)25-14-24(35-29-32-16-33-37(25)29)26(38)31-15-18-7-6-8-19(13-18)36-44(5,41)42/h6-10,13-14,16,23,36H,11-12,15H2,1-5H3,(H,31,38)(H,34,39)/t23-/m0/s1. The van der Waals surface area contributed by atoms with Crippen LogP contribution >= 0.6 is 0 Å². The molecule has 0 saturated heterocycles. The van der Waals surface area contributed by atoms with Gasteiger partial charge in [0.2, 0.25) is 10.0 Å². The highest BCUT2D eigenvalue weighted by molar-refractivity contribution is 7.92. The number of hydrogen-bond acceptors (Lipinski definition) is 9. The van der Waals surface area contributed by atoms with E-state index in [1.807, 2.05) is 33.8 Å². The molecule has 13 nitrogen and oxygen atoms in total. The van der Waals surface area contributed by atoms with Crippen LogP contribution in [0.5, 0.6) is 0 Å². The number of aromatic nitrogens is 4. The number of anilines is 1. The summed E-state index contributed by atoms with van der Waals surface area (Å²) >= 11 is 0. The average Bonchev–Trinajstić information content (AvgIpc) is 3.57. The molecular weight excluding hydrogens is 586 g/mol. The Kier molecular flexibility index (Phi) is 8.12. The summed E-state index contributed by atoms with van der Waals surface area (Å²) < 4.78 is 32.3. The molecule has 4 aromatic rings. The monoisotopic (exact) mass is 619 g/mol. The third-order valence-corrected chi connectivity index (χ3v) is 7.62. The Bertz CT molecular complexity index is 1900. The van der Waals surface area contributed by atoms with Crippen molar-refractivity contribution in [3.63, 3.8) is 0 Å². The maximum atomic E-state index is 13.6. The molecule has 0 bridgehead atoms. The Hall–Kier alpha value is -4.85. The molecule has 0 fully saturated rings. The Labute approximate surface area is 254 Å². The number of benzene rings is 2. The molecule has 44 heavy (non-hydrogen) atoms. The number of carbonyl (C=O) groups excluding carboxylic acids is 3. The van der Waals surface area contributed by atoms with E-state index in [1.54, 1.807) is 30.3 Å². The van der Waals surface area contributed by atoms with Crippen LogP contribution in [0.15, 0.2) is 48.8 Å². The molecule has 2 aromatic carbocycles. The van der Waals surface area contributed by atoms with Crippen molar-refractivity contribution in [3.05, 3.63) is 88.0 Å². The number of fused-ring (bicyclic) bond motifs is 2. The third kappa shape index (κ3) is 6.86. The summed E-state index contributed by atoms with van der Waals surface area (Å²) in [5.74, 6) is -1.34. The minimum absolute atomic E-state index is 0.0364. The minimum atomic E-state index is -3.45. The fourth-order valence-electron chi connectivity index (χ4n) is 5.14. The zero-order chi connectivity index (χ0) is 31.8. The number of ether oxygens (including phenoxy) is 1. The van der Waals surface area contributed by atoms with E-state index in [4.69, 9.17) is 4.74 Å². The van der Waals surface area contributed by atoms with Gasteiger partial charge in [-0.05, 0) is 81.0 Å². The minimum Gasteiger partial charge on any atom is -0.456 e. The van der Waals surface area contributed by atoms with Gasteiger partial charge >= 0.3 is 5.97 Å². The molecule has 230 valence electrons. The summed E-state index contributed by atoms with van der Waals surface area (Å²) in [5.41, 5.74) is 3.68. The lowest BCUT2D eigenvalue weighted by Crippen LogP contribution is -2.31. The van der Waals surface area contributed by atoms with Crippen LogP contribution in [0.1, 0.15) is 86.8 Å². The lowest BCUT2D eigenvalue weighted by Gasteiger charge is -2.21. The number of esters is 1. The van der Waals surface area contributed by atoms with E-state index in [-0.39, 0.29) is 35.7 Å². The number of sulfonamides is 1. The first-order chi connectivity index (χ1) is 20.7. The first kappa shape index (κ1) is 30.6. The predicted molar refractivity (Wildman–Crippen MR) is 162 cm³/mol. The summed E-state index contributed by atoms with van der Waals surface area (Å²) in [6.45, 7) is 7.43. The number of nitrogens with zero attached hydrogens (tertiary/aromatic N) is 4. The second-order valence-corrected chi connectivity index (χ2v) is 13.4. The summed E-state index contributed by atoms with van der Waals surface area (Å²) in [7, 11) is -3.45. The average molecular weight is 620 g/mol. The van der Waals surface area contributed by atoms with E-state index < -0.39 is 27.4 Å². The maximum Gasteiger partial charge on any atom is 0.338 e. The van der Waals surface area contributed by atoms with Gasteiger partial charge in [0, 0.05) is 18.3 Å². The molecule has 1 aliphatic rings. The van der Waals surface area contributed by atoms with Crippen molar-refractivity contribution in [2.75, 3.05) is 11.0 Å². The predicted octanol–water partition coefficient (Wildman–Crippen LogP) is 3.11. The first-order valence-corrected chi connectivity index (χ1v) is 15.8. The van der Waals surface area contributed by atoms with Crippen LogP contribution < -0.4 is 15.4 Å². The molecule has 1 atom stereocenters. The number of nitrogens with one attached hydrogen (secondary N) is 3. The van der Waals surface area contributed by atoms with E-state index in [0.717, 1.165) is 22.9 Å². The van der Waals surface area contributed by atoms with Crippen LogP contribution in [0.25, 0.3) is 5.78 Å². The van der Waals surface area contributed by atoms with E-state index in [0.29, 0.717) is 29.7 Å². The molecule has 1 aliphatic carbocycles. The van der Waals surface area contributed by atoms with Crippen molar-refractivity contribution in [2.24, 2.45) is 0 Å². The van der Waals surface area contributed by atoms with Crippen LogP contribution in [-0.2, 0) is 27.7 Å². The highest BCUT2D eigenvalue weighted by Crippen LogP contribution is 2.35. The SMILES string of the molecule is Cc1c(C(=O)OC(C)(C)C)ccc2c1CC[C@@H]2NC(=O)c1cc(C(=O)NCc2cccc(NS(C)(=O)=O)c2)nc2ncnn12. The van der Waals surface area contributed by atoms with Gasteiger partial charge in [-0.25, -0.2) is 18.2 Å². The van der Waals surface area contributed by atoms with Crippen molar-refractivity contribution in [1.29, 1.82) is 0 Å². The fourth-order valence-corrected chi connectivity index (χ4v) is 5.69. The van der Waals surface area contributed by atoms with Gasteiger partial charge < -0.3 is 15.4 Å². The first-order valence-electron chi connectivity index (χ1n) is 13.9. The molecule has 2 amide bonds. The number of amides is 2. The molecule has 0 aliphatic heterocycles. The van der Waals surface area contributed by atoms with Crippen molar-refractivity contribution in [3.8, 4) is 0 Å². The third-order valence-electron chi connectivity index (χ3n) is 7.02. The zero-order valence-corrected chi connectivity index (χ0v) is 25.8. The number of hydrogen-bond donors (Lipinski definition) is 3. The highest BCUT2D eigenvalue weighted by Gasteiger charge is 2.30. The highest BCUT2D eigenvalue weighted by atomic mass is 32.2. The van der Waals surface area contributed by atoms with Crippen LogP contribution in [0.4, 0.5) is 5.69 Å². The second-order valence-electron chi connectivity index (χ2n) is 11.6. The van der Waals surface area contributed by atoms with Crippen molar-refractivity contribution >= 4 is 39.3 Å². The molecule has 14 heteroatoms. The molecule has 2 heterocycles. The second kappa shape index (κ2) is 11.7. The molecule has 5 rings (SSSR count). The van der Waals surface area contributed by atoms with Gasteiger partial charge in [-0.3, -0.25) is 14.3 Å². The smallest absolute Gasteiger partial charge is 0.338 e. The molecule has 0 unspecified atom stereocenters. The van der Waals surface area contributed by atoms with E-state index in [9.17, 15) is 22.8 Å². The summed E-state index contributed by atoms with van der Waals surface area (Å²) in [5, 5.41) is 9.89. The lowest BCUT2D eigenvalue weighted by atomic mass is 9.97. The topological polar surface area (TPSA) is 174 Å². The van der Waals surface area contributed by atoms with Gasteiger partial charge in [0.15, 0.2) is 0 Å². The molecule has 0 spiro atoms. The Morgan fingerprint density at radius 3 is 2.59 bits per heavy atom. The van der Waals surface area contributed by atoms with Gasteiger partial charge in [0.1, 0.15) is 23.3 Å². The molecule has 0 radical (unpaired) electrons. The van der Waals surface area contributed by atoms with Crippen LogP contribution in [-0.4, -0.2) is 57.6 Å². The number of carbonyl (C=O) groups is 3. The Morgan fingerprint density at radius 1 is 1.09 bits per heavy atom. The number of rotatable bonds is 8. The van der Waals surface area contributed by atoms with E-state index in [2.05, 4.69) is 30.4 Å². The van der Waals surface area contributed by atoms with E-state index in [1.165, 1.54) is 16.9 Å². The fraction of sp³-hybridized carbons (Fsp3) is 0.333. The van der Waals surface area contributed by atoms with Gasteiger partial charge in [0.25, 0.3) is 17.6 Å². The Balaban J connectivity index is 1.33. The zero-order valence-electron chi connectivity index (χ0n) is 25.0. The molecule has 0 saturated carbocycles. The van der Waals surface area contributed by atoms with Crippen molar-refractivity contribution < 1.29 is 27.5 Å². The summed E-state index contributed by atoms with van der Waals surface area (Å²) in [6.07, 6.45) is 3.60. The lowest BCUT2D eigenvalue weighted by molar-refractivity contribution is 0.00683. The molecule has 2 aromatic heterocycles. The quantitative estimate of drug-likeness (QED) is 0.250. The molecule has 3 N–H and O–H groups in total. The largest absolute Gasteiger partial charge is 0.456 e. The van der Waals surface area contributed by atoms with Crippen LogP contribution in [0.3, 0.4) is 0 Å². The summed E-state index contributed by atoms with van der Waals surface area (Å²) in [4.78, 5) is 47.7. The van der Waals surface area contributed by atoms with Crippen molar-refractivity contribution in [2.45, 2.75) is 58.7 Å². The van der Waals surface area contributed by atoms with Gasteiger partial charge in [-0.1, -0.05) is 18.2 Å². The maximum absolute atomic E-state index is 13.6.